The van der Waals surface area contributed by atoms with Gasteiger partial charge in [-0.25, -0.2) is 0 Å². The Balaban J connectivity index is 1.52. The van der Waals surface area contributed by atoms with Gasteiger partial charge in [-0.15, -0.1) is 0 Å². The van der Waals surface area contributed by atoms with E-state index in [0.717, 1.165) is 25.1 Å². The average molecular weight is 348 g/mol. The van der Waals surface area contributed by atoms with E-state index in [9.17, 15) is 0 Å². The van der Waals surface area contributed by atoms with Gasteiger partial charge in [-0.05, 0) is 75.4 Å². The first-order valence-electron chi connectivity index (χ1n) is 9.79. The Morgan fingerprint density at radius 1 is 1.15 bits per heavy atom. The highest BCUT2D eigenvalue weighted by Gasteiger charge is 2.24. The summed E-state index contributed by atoms with van der Waals surface area (Å²) in [5, 5.41) is 5.10. The van der Waals surface area contributed by atoms with Crippen LogP contribution in [0, 0.1) is 0 Å². The summed E-state index contributed by atoms with van der Waals surface area (Å²) in [6.07, 6.45) is 4.85. The maximum absolute atomic E-state index is 5.89. The third-order valence-electron chi connectivity index (χ3n) is 5.20. The minimum atomic E-state index is 0.203. The third-order valence-corrected chi connectivity index (χ3v) is 5.20. The minimum absolute atomic E-state index is 0.203. The molecule has 3 heteroatoms. The van der Waals surface area contributed by atoms with Crippen LogP contribution in [0.5, 0.6) is 5.75 Å². The lowest BCUT2D eigenvalue weighted by atomic mass is 9.91. The van der Waals surface area contributed by atoms with Crippen LogP contribution in [0.3, 0.4) is 0 Å². The molecule has 3 aromatic rings. The number of benzene rings is 2. The summed E-state index contributed by atoms with van der Waals surface area (Å²) in [7, 11) is 0. The number of aromatic nitrogens is 1. The maximum Gasteiger partial charge on any atom is 0.120 e. The van der Waals surface area contributed by atoms with E-state index in [-0.39, 0.29) is 6.10 Å². The zero-order valence-electron chi connectivity index (χ0n) is 15.7. The standard InChI is InChI=1S/C23H28N2O/c1-16(2)26-18-11-12-21-20(15-18)19-9-6-10-22(23(19)25-21)24-14-13-17-7-4-3-5-8-17/h3-5,7-8,11-12,15-16,22,24-25H,6,9-10,13-14H2,1-2H3. The van der Waals surface area contributed by atoms with E-state index >= 15 is 0 Å². The van der Waals surface area contributed by atoms with Crippen LogP contribution in [0.25, 0.3) is 10.9 Å². The van der Waals surface area contributed by atoms with E-state index in [4.69, 9.17) is 4.74 Å². The molecule has 0 saturated heterocycles. The fourth-order valence-electron chi connectivity index (χ4n) is 4.03. The second-order valence-electron chi connectivity index (χ2n) is 7.53. The predicted molar refractivity (Wildman–Crippen MR) is 108 cm³/mol. The summed E-state index contributed by atoms with van der Waals surface area (Å²) < 4.78 is 5.89. The Hall–Kier alpha value is -2.26. The largest absolute Gasteiger partial charge is 0.491 e. The van der Waals surface area contributed by atoms with Gasteiger partial charge in [0.2, 0.25) is 0 Å². The lowest BCUT2D eigenvalue weighted by Crippen LogP contribution is -2.27. The molecular formula is C23H28N2O. The number of aryl methyl sites for hydroxylation is 1. The lowest BCUT2D eigenvalue weighted by Gasteiger charge is -2.24. The predicted octanol–water partition coefficient (Wildman–Crippen LogP) is 5.16. The van der Waals surface area contributed by atoms with E-state index in [1.165, 1.54) is 40.6 Å². The fraction of sp³-hybridized carbons (Fsp3) is 0.391. The molecule has 0 aliphatic heterocycles. The fourth-order valence-corrected chi connectivity index (χ4v) is 4.03. The SMILES string of the molecule is CC(C)Oc1ccc2[nH]c3c(c2c1)CCCC3NCCc1ccccc1. The Bertz CT molecular complexity index is 867. The highest BCUT2D eigenvalue weighted by molar-refractivity contribution is 5.86. The van der Waals surface area contributed by atoms with E-state index in [0.29, 0.717) is 6.04 Å². The van der Waals surface area contributed by atoms with E-state index in [1.807, 2.05) is 0 Å². The molecule has 1 aliphatic carbocycles. The summed E-state index contributed by atoms with van der Waals surface area (Å²) in [5.41, 5.74) is 5.46. The van der Waals surface area contributed by atoms with Crippen molar-refractivity contribution in [3.8, 4) is 5.75 Å². The Kier molecular flexibility index (Phi) is 4.98. The van der Waals surface area contributed by atoms with Crippen LogP contribution in [0.2, 0.25) is 0 Å². The van der Waals surface area contributed by atoms with Gasteiger partial charge in [-0.2, -0.15) is 0 Å². The zero-order chi connectivity index (χ0) is 17.9. The first-order valence-corrected chi connectivity index (χ1v) is 9.79. The highest BCUT2D eigenvalue weighted by Crippen LogP contribution is 2.36. The molecule has 0 bridgehead atoms. The van der Waals surface area contributed by atoms with Crippen LogP contribution in [0.1, 0.15) is 49.6 Å². The van der Waals surface area contributed by atoms with Gasteiger partial charge in [0, 0.05) is 22.6 Å². The summed E-state index contributed by atoms with van der Waals surface area (Å²) in [6.45, 7) is 5.15. The number of rotatable bonds is 6. The number of nitrogens with one attached hydrogen (secondary N) is 2. The second-order valence-corrected chi connectivity index (χ2v) is 7.53. The molecule has 3 nitrogen and oxygen atoms in total. The van der Waals surface area contributed by atoms with Gasteiger partial charge in [0.15, 0.2) is 0 Å². The smallest absolute Gasteiger partial charge is 0.120 e. The van der Waals surface area contributed by atoms with Gasteiger partial charge in [-0.1, -0.05) is 30.3 Å². The van der Waals surface area contributed by atoms with Crippen molar-refractivity contribution in [1.29, 1.82) is 0 Å². The van der Waals surface area contributed by atoms with Crippen molar-refractivity contribution in [3.05, 3.63) is 65.4 Å². The molecular weight excluding hydrogens is 320 g/mol. The average Bonchev–Trinajstić information content (AvgIpc) is 3.01. The molecule has 4 rings (SSSR count). The van der Waals surface area contributed by atoms with Gasteiger partial charge in [0.1, 0.15) is 5.75 Å². The maximum atomic E-state index is 5.89. The Morgan fingerprint density at radius 3 is 2.81 bits per heavy atom. The van der Waals surface area contributed by atoms with Crippen molar-refractivity contribution in [2.45, 2.75) is 51.7 Å². The van der Waals surface area contributed by atoms with E-state index in [2.05, 4.69) is 72.7 Å². The van der Waals surface area contributed by atoms with Crippen molar-refractivity contribution in [1.82, 2.24) is 10.3 Å². The van der Waals surface area contributed by atoms with Gasteiger partial charge < -0.3 is 15.0 Å². The van der Waals surface area contributed by atoms with Crippen molar-refractivity contribution in [2.24, 2.45) is 0 Å². The first kappa shape index (κ1) is 17.2. The number of hydrogen-bond acceptors (Lipinski definition) is 2. The highest BCUT2D eigenvalue weighted by atomic mass is 16.5. The molecule has 0 fully saturated rings. The van der Waals surface area contributed by atoms with Crippen molar-refractivity contribution >= 4 is 10.9 Å². The van der Waals surface area contributed by atoms with Crippen LogP contribution in [0.15, 0.2) is 48.5 Å². The van der Waals surface area contributed by atoms with Crippen molar-refractivity contribution in [2.75, 3.05) is 6.54 Å². The Labute approximate surface area is 155 Å². The molecule has 26 heavy (non-hydrogen) atoms. The number of fused-ring (bicyclic) bond motifs is 3. The molecule has 1 heterocycles. The van der Waals surface area contributed by atoms with Gasteiger partial charge in [0.05, 0.1) is 6.10 Å². The molecule has 2 N–H and O–H groups in total. The molecule has 1 atom stereocenters. The molecule has 0 spiro atoms. The number of ether oxygens (including phenoxy) is 1. The summed E-state index contributed by atoms with van der Waals surface area (Å²) in [4.78, 5) is 3.68. The first-order chi connectivity index (χ1) is 12.7. The van der Waals surface area contributed by atoms with Crippen LogP contribution in [0.4, 0.5) is 0 Å². The third kappa shape index (κ3) is 3.63. The molecule has 1 aliphatic rings. The Morgan fingerprint density at radius 2 is 2.00 bits per heavy atom. The quantitative estimate of drug-likeness (QED) is 0.645. The molecule has 1 unspecified atom stereocenters. The number of aromatic amines is 1. The monoisotopic (exact) mass is 348 g/mol. The van der Waals surface area contributed by atoms with E-state index < -0.39 is 0 Å². The molecule has 1 aromatic heterocycles. The number of H-pyrrole nitrogens is 1. The topological polar surface area (TPSA) is 37.0 Å². The van der Waals surface area contributed by atoms with Gasteiger partial charge >= 0.3 is 0 Å². The van der Waals surface area contributed by atoms with Crippen LogP contribution in [-0.2, 0) is 12.8 Å². The van der Waals surface area contributed by atoms with Crippen molar-refractivity contribution < 1.29 is 4.74 Å². The second kappa shape index (κ2) is 7.55. The number of hydrogen-bond donors (Lipinski definition) is 2. The molecule has 2 aromatic carbocycles. The normalized spacial score (nSPS) is 16.8. The van der Waals surface area contributed by atoms with Crippen LogP contribution >= 0.6 is 0 Å². The summed E-state index contributed by atoms with van der Waals surface area (Å²) >= 11 is 0. The molecule has 0 saturated carbocycles. The van der Waals surface area contributed by atoms with Gasteiger partial charge in [0.25, 0.3) is 0 Å². The lowest BCUT2D eigenvalue weighted by molar-refractivity contribution is 0.243. The van der Waals surface area contributed by atoms with E-state index in [1.54, 1.807) is 0 Å². The summed E-state index contributed by atoms with van der Waals surface area (Å²) in [6, 6.07) is 17.6. The zero-order valence-corrected chi connectivity index (χ0v) is 15.7. The van der Waals surface area contributed by atoms with Crippen molar-refractivity contribution in [3.63, 3.8) is 0 Å². The molecule has 0 amide bonds. The molecule has 0 radical (unpaired) electrons. The minimum Gasteiger partial charge on any atom is -0.491 e. The van der Waals surface area contributed by atoms with Crippen LogP contribution < -0.4 is 10.1 Å². The summed E-state index contributed by atoms with van der Waals surface area (Å²) in [5.74, 6) is 0.966. The molecule has 136 valence electrons. The van der Waals surface area contributed by atoms with Gasteiger partial charge in [-0.3, -0.25) is 0 Å². The van der Waals surface area contributed by atoms with Crippen LogP contribution in [-0.4, -0.2) is 17.6 Å².